The van der Waals surface area contributed by atoms with Crippen LogP contribution in [0.4, 0.5) is 11.6 Å². The van der Waals surface area contributed by atoms with Crippen molar-refractivity contribution in [3.8, 4) is 17.1 Å². The molecule has 30 heavy (non-hydrogen) atoms. The average molecular weight is 402 g/mol. The van der Waals surface area contributed by atoms with Crippen molar-refractivity contribution in [1.82, 2.24) is 40.0 Å². The Bertz CT molecular complexity index is 1190. The minimum absolute atomic E-state index is 0.00487. The molecule has 4 heterocycles. The molecule has 152 valence electrons. The van der Waals surface area contributed by atoms with Crippen LogP contribution >= 0.6 is 0 Å². The lowest BCUT2D eigenvalue weighted by molar-refractivity contribution is 0.639. The van der Waals surface area contributed by atoms with E-state index in [0.29, 0.717) is 11.5 Å². The van der Waals surface area contributed by atoms with Gasteiger partial charge in [-0.15, -0.1) is 25.2 Å². The van der Waals surface area contributed by atoms with Gasteiger partial charge in [-0.1, -0.05) is 6.07 Å². The zero-order valence-corrected chi connectivity index (χ0v) is 16.8. The van der Waals surface area contributed by atoms with Crippen molar-refractivity contribution in [2.45, 2.75) is 25.8 Å². The molecule has 5 rings (SSSR count). The standard InChI is InChI=1S/C20H22N10/c1-13-11-14(8-9-22-13)19-24-25-20(28(19)2)29-10-4-7-17(29)18-23-27-30(26-18)16-6-3-5-15(21)12-16/h3,5-6,8-9,11-12,17H,4,7,10,21H2,1-2H3/t17-/m1/s1. The third kappa shape index (κ3) is 3.15. The van der Waals surface area contributed by atoms with Crippen molar-refractivity contribution >= 4 is 11.6 Å². The van der Waals surface area contributed by atoms with Gasteiger partial charge in [-0.2, -0.15) is 0 Å². The van der Waals surface area contributed by atoms with Crippen molar-refractivity contribution in [2.75, 3.05) is 17.2 Å². The van der Waals surface area contributed by atoms with Gasteiger partial charge >= 0.3 is 0 Å². The molecule has 0 amide bonds. The lowest BCUT2D eigenvalue weighted by Gasteiger charge is -2.22. The largest absolute Gasteiger partial charge is 0.399 e. The molecule has 1 saturated heterocycles. The summed E-state index contributed by atoms with van der Waals surface area (Å²) >= 11 is 0. The number of pyridine rings is 1. The Morgan fingerprint density at radius 1 is 1.10 bits per heavy atom. The Labute approximate surface area is 173 Å². The molecule has 0 spiro atoms. The molecule has 10 heteroatoms. The molecule has 0 unspecified atom stereocenters. The van der Waals surface area contributed by atoms with Crippen molar-refractivity contribution < 1.29 is 0 Å². The first-order valence-electron chi connectivity index (χ1n) is 9.85. The number of anilines is 2. The van der Waals surface area contributed by atoms with Crippen LogP contribution in [0.25, 0.3) is 17.1 Å². The maximum absolute atomic E-state index is 5.88. The van der Waals surface area contributed by atoms with E-state index < -0.39 is 0 Å². The number of aryl methyl sites for hydroxylation is 1. The number of hydrogen-bond donors (Lipinski definition) is 1. The number of nitrogen functional groups attached to an aromatic ring is 1. The van der Waals surface area contributed by atoms with Crippen molar-refractivity contribution in [2.24, 2.45) is 7.05 Å². The summed E-state index contributed by atoms with van der Waals surface area (Å²) in [7, 11) is 1.98. The number of benzene rings is 1. The number of hydrogen-bond acceptors (Lipinski definition) is 8. The summed E-state index contributed by atoms with van der Waals surface area (Å²) in [4.78, 5) is 7.98. The van der Waals surface area contributed by atoms with Crippen molar-refractivity contribution in [3.05, 3.63) is 54.1 Å². The molecule has 1 aliphatic heterocycles. The van der Waals surface area contributed by atoms with Gasteiger partial charge in [-0.05, 0) is 55.3 Å². The SMILES string of the molecule is Cc1cc(-c2nnc(N3CCC[C@@H]3c3nnn(-c4cccc(N)c4)n3)n2C)ccn1. The normalized spacial score (nSPS) is 16.3. The van der Waals surface area contributed by atoms with Gasteiger partial charge in [-0.25, -0.2) is 0 Å². The van der Waals surface area contributed by atoms with Crippen LogP contribution in [0.15, 0.2) is 42.6 Å². The fraction of sp³-hybridized carbons (Fsp3) is 0.300. The summed E-state index contributed by atoms with van der Waals surface area (Å²) in [6, 6.07) is 11.4. The van der Waals surface area contributed by atoms with Crippen LogP contribution in [0.1, 0.15) is 30.4 Å². The number of tetrazole rings is 1. The molecule has 0 aliphatic carbocycles. The highest BCUT2D eigenvalue weighted by Crippen LogP contribution is 2.34. The van der Waals surface area contributed by atoms with E-state index in [1.54, 1.807) is 6.20 Å². The first-order valence-corrected chi connectivity index (χ1v) is 9.85. The van der Waals surface area contributed by atoms with Gasteiger partial charge in [0, 0.05) is 36.7 Å². The monoisotopic (exact) mass is 402 g/mol. The third-order valence-electron chi connectivity index (χ3n) is 5.34. The van der Waals surface area contributed by atoms with E-state index >= 15 is 0 Å². The molecule has 1 atom stereocenters. The lowest BCUT2D eigenvalue weighted by Crippen LogP contribution is -2.26. The molecule has 1 aromatic carbocycles. The number of rotatable bonds is 4. The fourth-order valence-corrected chi connectivity index (χ4v) is 3.90. The molecule has 10 nitrogen and oxygen atoms in total. The summed E-state index contributed by atoms with van der Waals surface area (Å²) in [5, 5.41) is 22.1. The average Bonchev–Trinajstić information content (AvgIpc) is 3.47. The predicted octanol–water partition coefficient (Wildman–Crippen LogP) is 2.08. The molecular formula is C20H22N10. The first kappa shape index (κ1) is 18.2. The maximum Gasteiger partial charge on any atom is 0.227 e. The first-order chi connectivity index (χ1) is 14.6. The highest BCUT2D eigenvalue weighted by Gasteiger charge is 2.33. The van der Waals surface area contributed by atoms with E-state index in [4.69, 9.17) is 5.73 Å². The van der Waals surface area contributed by atoms with Crippen LogP contribution in [0.2, 0.25) is 0 Å². The molecule has 0 radical (unpaired) electrons. The fourth-order valence-electron chi connectivity index (χ4n) is 3.90. The minimum Gasteiger partial charge on any atom is -0.399 e. The summed E-state index contributed by atoms with van der Waals surface area (Å²) in [6.45, 7) is 2.82. The van der Waals surface area contributed by atoms with Crippen molar-refractivity contribution in [1.29, 1.82) is 0 Å². The van der Waals surface area contributed by atoms with E-state index in [0.717, 1.165) is 48.1 Å². The van der Waals surface area contributed by atoms with Gasteiger partial charge in [-0.3, -0.25) is 9.55 Å². The third-order valence-corrected chi connectivity index (χ3v) is 5.34. The van der Waals surface area contributed by atoms with Gasteiger partial charge in [0.15, 0.2) is 11.6 Å². The molecule has 1 aliphatic rings. The second-order valence-electron chi connectivity index (χ2n) is 7.45. The van der Waals surface area contributed by atoms with E-state index in [1.165, 1.54) is 4.80 Å². The molecule has 0 bridgehead atoms. The smallest absolute Gasteiger partial charge is 0.227 e. The van der Waals surface area contributed by atoms with Crippen LogP contribution in [0, 0.1) is 6.92 Å². The lowest BCUT2D eigenvalue weighted by atomic mass is 10.2. The molecule has 2 N–H and O–H groups in total. The van der Waals surface area contributed by atoms with Crippen LogP contribution in [0.3, 0.4) is 0 Å². The number of nitrogens with two attached hydrogens (primary N) is 1. The van der Waals surface area contributed by atoms with E-state index in [1.807, 2.05) is 54.9 Å². The maximum atomic E-state index is 5.88. The molecule has 4 aromatic rings. The molecular weight excluding hydrogens is 380 g/mol. The van der Waals surface area contributed by atoms with Crippen LogP contribution in [0.5, 0.6) is 0 Å². The second kappa shape index (κ2) is 7.21. The van der Waals surface area contributed by atoms with E-state index in [2.05, 4.69) is 35.5 Å². The molecule has 3 aromatic heterocycles. The molecule has 1 fully saturated rings. The minimum atomic E-state index is -0.00487. The van der Waals surface area contributed by atoms with E-state index in [-0.39, 0.29) is 6.04 Å². The second-order valence-corrected chi connectivity index (χ2v) is 7.45. The summed E-state index contributed by atoms with van der Waals surface area (Å²) in [6.07, 6.45) is 3.74. The van der Waals surface area contributed by atoms with Crippen LogP contribution in [-0.4, -0.2) is 46.5 Å². The van der Waals surface area contributed by atoms with Gasteiger partial charge in [0.25, 0.3) is 0 Å². The van der Waals surface area contributed by atoms with Gasteiger partial charge in [0.2, 0.25) is 5.95 Å². The Morgan fingerprint density at radius 3 is 2.83 bits per heavy atom. The topological polar surface area (TPSA) is 116 Å². The van der Waals surface area contributed by atoms with Crippen molar-refractivity contribution in [3.63, 3.8) is 0 Å². The highest BCUT2D eigenvalue weighted by molar-refractivity contribution is 5.58. The highest BCUT2D eigenvalue weighted by atomic mass is 15.6. The number of nitrogens with zero attached hydrogens (tertiary/aromatic N) is 9. The summed E-state index contributed by atoms with van der Waals surface area (Å²) in [5.41, 5.74) is 9.26. The zero-order chi connectivity index (χ0) is 20.7. The van der Waals surface area contributed by atoms with Crippen LogP contribution < -0.4 is 10.6 Å². The van der Waals surface area contributed by atoms with Gasteiger partial charge in [0.05, 0.1) is 11.7 Å². The van der Waals surface area contributed by atoms with Crippen LogP contribution in [-0.2, 0) is 7.05 Å². The predicted molar refractivity (Wildman–Crippen MR) is 112 cm³/mol. The summed E-state index contributed by atoms with van der Waals surface area (Å²) < 4.78 is 2.01. The Hall–Kier alpha value is -3.82. The summed E-state index contributed by atoms with van der Waals surface area (Å²) in [5.74, 6) is 2.26. The Kier molecular flexibility index (Phi) is 4.38. The number of aromatic nitrogens is 8. The molecule has 0 saturated carbocycles. The Balaban J connectivity index is 1.45. The quantitative estimate of drug-likeness (QED) is 0.516. The zero-order valence-electron chi connectivity index (χ0n) is 16.8. The van der Waals surface area contributed by atoms with Gasteiger partial charge < -0.3 is 10.6 Å². The van der Waals surface area contributed by atoms with Gasteiger partial charge in [0.1, 0.15) is 0 Å². The Morgan fingerprint density at radius 2 is 2.00 bits per heavy atom. The van der Waals surface area contributed by atoms with E-state index in [9.17, 15) is 0 Å².